The molecule has 2 rings (SSSR count). The Bertz CT molecular complexity index is 485. The van der Waals surface area contributed by atoms with Crippen molar-refractivity contribution in [3.05, 3.63) is 35.5 Å². The first-order valence-corrected chi connectivity index (χ1v) is 6.01. The molecule has 0 atom stereocenters. The van der Waals surface area contributed by atoms with E-state index >= 15 is 0 Å². The van der Waals surface area contributed by atoms with Gasteiger partial charge in [0.2, 0.25) is 0 Å². The van der Waals surface area contributed by atoms with Gasteiger partial charge in [0.1, 0.15) is 0 Å². The molecule has 1 N–H and O–H groups in total. The number of hydrogen-bond acceptors (Lipinski definition) is 1. The molecule has 1 aromatic heterocycles. The number of hydrogen-bond donors (Lipinski definition) is 1. The van der Waals surface area contributed by atoms with Gasteiger partial charge in [-0.15, -0.1) is 0 Å². The molecule has 2 aromatic rings. The Hall–Kier alpha value is -1.28. The van der Waals surface area contributed by atoms with Crippen LogP contribution in [0.25, 0.3) is 10.9 Å². The Labute approximate surface area is 96.5 Å². The van der Waals surface area contributed by atoms with Crippen LogP contribution in [0.15, 0.2) is 24.4 Å². The molecule has 0 saturated heterocycles. The first kappa shape index (κ1) is 11.2. The number of aliphatic hydroxyl groups excluding tert-OH is 1. The number of fused-ring (bicyclic) bond motifs is 1. The van der Waals surface area contributed by atoms with Crippen LogP contribution in [0.1, 0.15) is 25.0 Å². The molecule has 0 saturated carbocycles. The fourth-order valence-electron chi connectivity index (χ4n) is 2.21. The highest BCUT2D eigenvalue weighted by molar-refractivity contribution is 5.84. The van der Waals surface area contributed by atoms with Crippen molar-refractivity contribution < 1.29 is 5.11 Å². The lowest BCUT2D eigenvalue weighted by Crippen LogP contribution is -1.99. The standard InChI is InChI=1S/C14H19NO/c1-3-11-5-6-14-13(9-11)12(4-2)10-15(14)7-8-16/h5-6,9-10,16H,3-4,7-8H2,1-2H3. The molecule has 0 radical (unpaired) electrons. The van der Waals surface area contributed by atoms with Gasteiger partial charge in [0.05, 0.1) is 6.61 Å². The summed E-state index contributed by atoms with van der Waals surface area (Å²) in [4.78, 5) is 0. The van der Waals surface area contributed by atoms with E-state index in [1.807, 2.05) is 0 Å². The summed E-state index contributed by atoms with van der Waals surface area (Å²) in [6.07, 6.45) is 4.28. The quantitative estimate of drug-likeness (QED) is 0.837. The molecule has 0 amide bonds. The summed E-state index contributed by atoms with van der Waals surface area (Å²) in [6, 6.07) is 6.63. The van der Waals surface area contributed by atoms with E-state index in [9.17, 15) is 0 Å². The van der Waals surface area contributed by atoms with Crippen LogP contribution in [0.4, 0.5) is 0 Å². The summed E-state index contributed by atoms with van der Waals surface area (Å²) in [5.41, 5.74) is 3.99. The van der Waals surface area contributed by atoms with E-state index in [0.29, 0.717) is 6.54 Å². The highest BCUT2D eigenvalue weighted by atomic mass is 16.3. The number of benzene rings is 1. The van der Waals surface area contributed by atoms with Gasteiger partial charge in [-0.3, -0.25) is 0 Å². The second kappa shape index (κ2) is 4.71. The largest absolute Gasteiger partial charge is 0.395 e. The smallest absolute Gasteiger partial charge is 0.0610 e. The summed E-state index contributed by atoms with van der Waals surface area (Å²) in [5.74, 6) is 0. The molecule has 2 heteroatoms. The maximum Gasteiger partial charge on any atom is 0.0610 e. The van der Waals surface area contributed by atoms with Crippen molar-refractivity contribution in [2.24, 2.45) is 0 Å². The van der Waals surface area contributed by atoms with Crippen LogP contribution in [0.2, 0.25) is 0 Å². The van der Waals surface area contributed by atoms with E-state index in [2.05, 4.69) is 42.8 Å². The second-order valence-corrected chi connectivity index (χ2v) is 4.13. The molecule has 1 heterocycles. The van der Waals surface area contributed by atoms with E-state index in [1.54, 1.807) is 0 Å². The first-order chi connectivity index (χ1) is 7.80. The molecule has 86 valence electrons. The Kier molecular flexibility index (Phi) is 3.30. The maximum absolute atomic E-state index is 9.04. The Balaban J connectivity index is 2.59. The van der Waals surface area contributed by atoms with E-state index in [-0.39, 0.29) is 6.61 Å². The van der Waals surface area contributed by atoms with E-state index in [4.69, 9.17) is 5.11 Å². The van der Waals surface area contributed by atoms with Crippen LogP contribution in [0.3, 0.4) is 0 Å². The Morgan fingerprint density at radius 1 is 1.19 bits per heavy atom. The molecule has 0 fully saturated rings. The van der Waals surface area contributed by atoms with Crippen molar-refractivity contribution in [2.75, 3.05) is 6.61 Å². The minimum Gasteiger partial charge on any atom is -0.395 e. The van der Waals surface area contributed by atoms with Crippen molar-refractivity contribution >= 4 is 10.9 Å². The van der Waals surface area contributed by atoms with Gasteiger partial charge in [0, 0.05) is 23.6 Å². The van der Waals surface area contributed by atoms with Crippen LogP contribution in [0.5, 0.6) is 0 Å². The molecular formula is C14H19NO. The van der Waals surface area contributed by atoms with Crippen molar-refractivity contribution in [1.29, 1.82) is 0 Å². The monoisotopic (exact) mass is 217 g/mol. The normalized spacial score (nSPS) is 11.2. The molecule has 1 aromatic carbocycles. The van der Waals surface area contributed by atoms with Crippen LogP contribution < -0.4 is 0 Å². The fraction of sp³-hybridized carbons (Fsp3) is 0.429. The molecule has 0 aliphatic heterocycles. The number of nitrogens with zero attached hydrogens (tertiary/aromatic N) is 1. The van der Waals surface area contributed by atoms with Crippen molar-refractivity contribution in [3.8, 4) is 0 Å². The lowest BCUT2D eigenvalue weighted by atomic mass is 10.1. The van der Waals surface area contributed by atoms with Gasteiger partial charge >= 0.3 is 0 Å². The van der Waals surface area contributed by atoms with Crippen LogP contribution in [-0.4, -0.2) is 16.3 Å². The second-order valence-electron chi connectivity index (χ2n) is 4.13. The predicted octanol–water partition coefficient (Wildman–Crippen LogP) is 2.76. The zero-order valence-electron chi connectivity index (χ0n) is 10.0. The molecule has 0 spiro atoms. The van der Waals surface area contributed by atoms with Gasteiger partial charge in [-0.05, 0) is 36.1 Å². The summed E-state index contributed by atoms with van der Waals surface area (Å²) >= 11 is 0. The number of aliphatic hydroxyl groups is 1. The molecule has 0 bridgehead atoms. The number of aryl methyl sites for hydroxylation is 2. The van der Waals surface area contributed by atoms with Crippen molar-refractivity contribution in [1.82, 2.24) is 4.57 Å². The topological polar surface area (TPSA) is 25.2 Å². The Morgan fingerprint density at radius 2 is 2.00 bits per heavy atom. The van der Waals surface area contributed by atoms with Crippen molar-refractivity contribution in [2.45, 2.75) is 33.2 Å². The predicted molar refractivity (Wildman–Crippen MR) is 67.8 cm³/mol. The van der Waals surface area contributed by atoms with Crippen LogP contribution in [0, 0.1) is 0 Å². The molecule has 0 aliphatic carbocycles. The third-order valence-corrected chi connectivity index (χ3v) is 3.16. The van der Waals surface area contributed by atoms with E-state index in [1.165, 1.54) is 22.0 Å². The summed E-state index contributed by atoms with van der Waals surface area (Å²) in [7, 11) is 0. The summed E-state index contributed by atoms with van der Waals surface area (Å²) in [6.45, 7) is 5.23. The van der Waals surface area contributed by atoms with Gasteiger partial charge in [-0.1, -0.05) is 19.9 Å². The summed E-state index contributed by atoms with van der Waals surface area (Å²) in [5, 5.41) is 10.4. The first-order valence-electron chi connectivity index (χ1n) is 6.01. The van der Waals surface area contributed by atoms with Gasteiger partial charge < -0.3 is 9.67 Å². The average Bonchev–Trinajstić information content (AvgIpc) is 2.67. The zero-order chi connectivity index (χ0) is 11.5. The van der Waals surface area contributed by atoms with Gasteiger partial charge in [0.25, 0.3) is 0 Å². The Morgan fingerprint density at radius 3 is 2.62 bits per heavy atom. The van der Waals surface area contributed by atoms with E-state index in [0.717, 1.165) is 12.8 Å². The van der Waals surface area contributed by atoms with E-state index < -0.39 is 0 Å². The fourth-order valence-corrected chi connectivity index (χ4v) is 2.21. The molecular weight excluding hydrogens is 198 g/mol. The highest BCUT2D eigenvalue weighted by Gasteiger charge is 2.07. The molecule has 0 unspecified atom stereocenters. The van der Waals surface area contributed by atoms with Gasteiger partial charge in [0.15, 0.2) is 0 Å². The minimum atomic E-state index is 0.197. The number of aromatic nitrogens is 1. The summed E-state index contributed by atoms with van der Waals surface area (Å²) < 4.78 is 2.15. The third-order valence-electron chi connectivity index (χ3n) is 3.16. The molecule has 2 nitrogen and oxygen atoms in total. The molecule has 0 aliphatic rings. The van der Waals surface area contributed by atoms with Gasteiger partial charge in [-0.2, -0.15) is 0 Å². The zero-order valence-corrected chi connectivity index (χ0v) is 10.0. The lowest BCUT2D eigenvalue weighted by molar-refractivity contribution is 0.278. The number of rotatable bonds is 4. The van der Waals surface area contributed by atoms with Crippen molar-refractivity contribution in [3.63, 3.8) is 0 Å². The lowest BCUT2D eigenvalue weighted by Gasteiger charge is -2.03. The van der Waals surface area contributed by atoms with Crippen LogP contribution in [-0.2, 0) is 19.4 Å². The molecule has 16 heavy (non-hydrogen) atoms. The minimum absolute atomic E-state index is 0.197. The maximum atomic E-state index is 9.04. The highest BCUT2D eigenvalue weighted by Crippen LogP contribution is 2.23. The van der Waals surface area contributed by atoms with Gasteiger partial charge in [-0.25, -0.2) is 0 Å². The van der Waals surface area contributed by atoms with Crippen LogP contribution >= 0.6 is 0 Å². The average molecular weight is 217 g/mol. The third kappa shape index (κ3) is 1.85. The SMILES string of the molecule is CCc1ccc2c(c1)c(CC)cn2CCO.